The molecule has 0 aromatic heterocycles. The van der Waals surface area contributed by atoms with E-state index in [-0.39, 0.29) is 6.03 Å². The first-order valence-electron chi connectivity index (χ1n) is 5.29. The Morgan fingerprint density at radius 1 is 1.21 bits per heavy atom. The second-order valence-corrected chi connectivity index (χ2v) is 4.54. The highest BCUT2D eigenvalue weighted by molar-refractivity contribution is 5.74. The van der Waals surface area contributed by atoms with Crippen LogP contribution in [0.1, 0.15) is 12.8 Å². The van der Waals surface area contributed by atoms with E-state index >= 15 is 0 Å². The monoisotopic (exact) mass is 194 g/mol. The number of hydrogen-bond acceptors (Lipinski definition) is 1. The number of amides is 2. The molecule has 0 saturated carbocycles. The van der Waals surface area contributed by atoms with Crippen LogP contribution in [0.5, 0.6) is 0 Å². The highest BCUT2D eigenvalue weighted by Crippen LogP contribution is 2.32. The topological polar surface area (TPSA) is 23.6 Å². The Kier molecular flexibility index (Phi) is 2.48. The molecule has 0 unspecified atom stereocenters. The van der Waals surface area contributed by atoms with E-state index < -0.39 is 0 Å². The molecule has 1 aliphatic heterocycles. The molecule has 1 saturated heterocycles. The van der Waals surface area contributed by atoms with Gasteiger partial charge in [-0.3, -0.25) is 0 Å². The lowest BCUT2D eigenvalue weighted by Crippen LogP contribution is -2.37. The largest absolute Gasteiger partial charge is 0.331 e. The Balaban J connectivity index is 1.98. The van der Waals surface area contributed by atoms with Gasteiger partial charge in [-0.2, -0.15) is 0 Å². The standard InChI is InChI=1S/C11H18N2O/c1-12(2)11(14)13-7-9-5-3-4-6-10(9)8-13/h3-4,9-10H,5-8H2,1-2H3/t9-,10+. The van der Waals surface area contributed by atoms with Crippen molar-refractivity contribution in [3.05, 3.63) is 12.2 Å². The highest BCUT2D eigenvalue weighted by atomic mass is 16.2. The van der Waals surface area contributed by atoms with Gasteiger partial charge in [0.05, 0.1) is 0 Å². The third-order valence-electron chi connectivity index (χ3n) is 3.27. The van der Waals surface area contributed by atoms with Gasteiger partial charge in [-0.05, 0) is 24.7 Å². The van der Waals surface area contributed by atoms with Crippen LogP contribution in [-0.2, 0) is 0 Å². The Bertz CT molecular complexity index is 244. The van der Waals surface area contributed by atoms with Gasteiger partial charge in [0.2, 0.25) is 0 Å². The van der Waals surface area contributed by atoms with E-state index in [1.165, 1.54) is 0 Å². The lowest BCUT2D eigenvalue weighted by atomic mass is 9.86. The van der Waals surface area contributed by atoms with E-state index in [4.69, 9.17) is 0 Å². The van der Waals surface area contributed by atoms with Gasteiger partial charge in [0.15, 0.2) is 0 Å². The first-order chi connectivity index (χ1) is 6.68. The Labute approximate surface area is 85.4 Å². The molecule has 14 heavy (non-hydrogen) atoms. The molecule has 1 aliphatic carbocycles. The SMILES string of the molecule is CN(C)C(=O)N1C[C@H]2CC=CC[C@H]2C1. The number of carbonyl (C=O) groups excluding carboxylic acids is 1. The fourth-order valence-corrected chi connectivity index (χ4v) is 2.45. The predicted molar refractivity (Wildman–Crippen MR) is 56.0 cm³/mol. The van der Waals surface area contributed by atoms with Crippen molar-refractivity contribution in [2.75, 3.05) is 27.2 Å². The van der Waals surface area contributed by atoms with Gasteiger partial charge in [0.1, 0.15) is 0 Å². The Morgan fingerprint density at radius 3 is 2.14 bits per heavy atom. The van der Waals surface area contributed by atoms with Gasteiger partial charge in [0, 0.05) is 27.2 Å². The third-order valence-corrected chi connectivity index (χ3v) is 3.27. The third kappa shape index (κ3) is 1.63. The molecule has 2 atom stereocenters. The smallest absolute Gasteiger partial charge is 0.319 e. The van der Waals surface area contributed by atoms with Crippen LogP contribution in [0.3, 0.4) is 0 Å². The maximum atomic E-state index is 11.7. The molecule has 78 valence electrons. The number of hydrogen-bond donors (Lipinski definition) is 0. The molecule has 0 N–H and O–H groups in total. The molecule has 2 rings (SSSR count). The van der Waals surface area contributed by atoms with Crippen molar-refractivity contribution < 1.29 is 4.79 Å². The zero-order valence-corrected chi connectivity index (χ0v) is 8.94. The molecule has 3 nitrogen and oxygen atoms in total. The number of allylic oxidation sites excluding steroid dienone is 2. The average molecular weight is 194 g/mol. The van der Waals surface area contributed by atoms with Crippen molar-refractivity contribution in [2.24, 2.45) is 11.8 Å². The summed E-state index contributed by atoms with van der Waals surface area (Å²) in [5.41, 5.74) is 0. The molecule has 2 aliphatic rings. The Morgan fingerprint density at radius 2 is 1.71 bits per heavy atom. The highest BCUT2D eigenvalue weighted by Gasteiger charge is 2.35. The van der Waals surface area contributed by atoms with Crippen LogP contribution in [0.25, 0.3) is 0 Å². The number of fused-ring (bicyclic) bond motifs is 1. The second kappa shape index (κ2) is 3.64. The van der Waals surface area contributed by atoms with E-state index in [1.54, 1.807) is 4.90 Å². The maximum absolute atomic E-state index is 11.7. The average Bonchev–Trinajstić information content (AvgIpc) is 2.59. The number of carbonyl (C=O) groups is 1. The van der Waals surface area contributed by atoms with E-state index in [2.05, 4.69) is 12.2 Å². The van der Waals surface area contributed by atoms with Crippen LogP contribution in [0, 0.1) is 11.8 Å². The van der Waals surface area contributed by atoms with Crippen molar-refractivity contribution >= 4 is 6.03 Å². The summed E-state index contributed by atoms with van der Waals surface area (Å²) in [6.45, 7) is 1.90. The van der Waals surface area contributed by atoms with Crippen molar-refractivity contribution in [1.29, 1.82) is 0 Å². The van der Waals surface area contributed by atoms with E-state index in [0.717, 1.165) is 25.9 Å². The number of rotatable bonds is 0. The first-order valence-corrected chi connectivity index (χ1v) is 5.29. The molecule has 2 amide bonds. The lowest BCUT2D eigenvalue weighted by Gasteiger charge is -2.21. The summed E-state index contributed by atoms with van der Waals surface area (Å²) in [5.74, 6) is 1.42. The minimum Gasteiger partial charge on any atom is -0.331 e. The van der Waals surface area contributed by atoms with Gasteiger partial charge in [-0.15, -0.1) is 0 Å². The van der Waals surface area contributed by atoms with E-state index in [1.807, 2.05) is 19.0 Å². The second-order valence-electron chi connectivity index (χ2n) is 4.54. The molecule has 3 heteroatoms. The summed E-state index contributed by atoms with van der Waals surface area (Å²) >= 11 is 0. The number of likely N-dealkylation sites (tertiary alicyclic amines) is 1. The van der Waals surface area contributed by atoms with Crippen LogP contribution in [0.2, 0.25) is 0 Å². The van der Waals surface area contributed by atoms with E-state index in [0.29, 0.717) is 11.8 Å². The van der Waals surface area contributed by atoms with Crippen LogP contribution >= 0.6 is 0 Å². The quantitative estimate of drug-likeness (QED) is 0.537. The van der Waals surface area contributed by atoms with Gasteiger partial charge in [0.25, 0.3) is 0 Å². The number of urea groups is 1. The zero-order chi connectivity index (χ0) is 10.1. The molecule has 0 spiro atoms. The minimum absolute atomic E-state index is 0.166. The Hall–Kier alpha value is -0.990. The van der Waals surface area contributed by atoms with Gasteiger partial charge < -0.3 is 9.80 Å². The van der Waals surface area contributed by atoms with E-state index in [9.17, 15) is 4.79 Å². The van der Waals surface area contributed by atoms with Gasteiger partial charge in [-0.25, -0.2) is 4.79 Å². The van der Waals surface area contributed by atoms with Crippen LogP contribution in [-0.4, -0.2) is 43.0 Å². The molecular formula is C11H18N2O. The minimum atomic E-state index is 0.166. The fourth-order valence-electron chi connectivity index (χ4n) is 2.45. The predicted octanol–water partition coefficient (Wildman–Crippen LogP) is 1.57. The molecule has 0 aromatic rings. The van der Waals surface area contributed by atoms with Crippen molar-refractivity contribution in [2.45, 2.75) is 12.8 Å². The summed E-state index contributed by atoms with van der Waals surface area (Å²) in [6, 6.07) is 0.166. The summed E-state index contributed by atoms with van der Waals surface area (Å²) in [4.78, 5) is 15.4. The number of nitrogens with zero attached hydrogens (tertiary/aromatic N) is 2. The lowest BCUT2D eigenvalue weighted by molar-refractivity contribution is 0.179. The van der Waals surface area contributed by atoms with Crippen LogP contribution in [0.4, 0.5) is 4.79 Å². The summed E-state index contributed by atoms with van der Waals surface area (Å²) in [6.07, 6.45) is 6.82. The molecule has 0 bridgehead atoms. The molecular weight excluding hydrogens is 176 g/mol. The molecule has 0 aromatic carbocycles. The molecule has 1 fully saturated rings. The summed E-state index contributed by atoms with van der Waals surface area (Å²) in [5, 5.41) is 0. The summed E-state index contributed by atoms with van der Waals surface area (Å²) < 4.78 is 0. The zero-order valence-electron chi connectivity index (χ0n) is 8.94. The summed E-state index contributed by atoms with van der Waals surface area (Å²) in [7, 11) is 3.64. The van der Waals surface area contributed by atoms with Crippen LogP contribution in [0.15, 0.2) is 12.2 Å². The fraction of sp³-hybridized carbons (Fsp3) is 0.727. The van der Waals surface area contributed by atoms with Crippen LogP contribution < -0.4 is 0 Å². The van der Waals surface area contributed by atoms with Crippen molar-refractivity contribution in [3.8, 4) is 0 Å². The van der Waals surface area contributed by atoms with Crippen molar-refractivity contribution in [1.82, 2.24) is 9.80 Å². The van der Waals surface area contributed by atoms with Crippen molar-refractivity contribution in [3.63, 3.8) is 0 Å². The normalized spacial score (nSPS) is 30.3. The first kappa shape index (κ1) is 9.56. The molecule has 1 heterocycles. The van der Waals surface area contributed by atoms with Gasteiger partial charge in [-0.1, -0.05) is 12.2 Å². The van der Waals surface area contributed by atoms with Gasteiger partial charge >= 0.3 is 6.03 Å². The maximum Gasteiger partial charge on any atom is 0.319 e. The molecule has 0 radical (unpaired) electrons.